The number of rotatable bonds is 9. The van der Waals surface area contributed by atoms with Crippen molar-refractivity contribution in [3.8, 4) is 0 Å². The number of ketones is 1. The average Bonchev–Trinajstić information content (AvgIpc) is 3.39. The Morgan fingerprint density at radius 1 is 0.971 bits per heavy atom. The zero-order valence-corrected chi connectivity index (χ0v) is 22.7. The van der Waals surface area contributed by atoms with Crippen LogP contribution in [0.25, 0.3) is 0 Å². The lowest BCUT2D eigenvalue weighted by molar-refractivity contribution is -0.134. The van der Waals surface area contributed by atoms with Crippen LogP contribution in [-0.4, -0.2) is 46.0 Å². The molecule has 1 fully saturated rings. The molecule has 0 radical (unpaired) electrons. The molecule has 0 spiro atoms. The second-order valence-electron chi connectivity index (χ2n) is 8.36. The quantitative estimate of drug-likeness (QED) is 0.292. The van der Waals surface area contributed by atoms with Crippen molar-refractivity contribution in [1.82, 2.24) is 5.32 Å². The molecule has 3 nitrogen and oxygen atoms in total. The van der Waals surface area contributed by atoms with Gasteiger partial charge in [-0.25, -0.2) is 0 Å². The topological polar surface area (TPSA) is 46.2 Å². The summed E-state index contributed by atoms with van der Waals surface area (Å²) < 4.78 is 24.6. The van der Waals surface area contributed by atoms with Crippen LogP contribution in [0.2, 0.25) is 0 Å². The van der Waals surface area contributed by atoms with E-state index in [0.717, 1.165) is 5.56 Å². The Morgan fingerprint density at radius 2 is 1.53 bits per heavy atom. The largest absolute Gasteiger partial charge is 0.370 e. The van der Waals surface area contributed by atoms with Gasteiger partial charge in [-0.15, -0.1) is 0 Å². The van der Waals surface area contributed by atoms with Crippen LogP contribution in [-0.2, 0) is 15.7 Å². The van der Waals surface area contributed by atoms with Crippen LogP contribution in [0.15, 0.2) is 64.4 Å². The smallest absolute Gasteiger partial charge is 0.350 e. The molecule has 34 heavy (non-hydrogen) atoms. The molecule has 0 atom stereocenters. The Morgan fingerprint density at radius 3 is 2.06 bits per heavy atom. The van der Waals surface area contributed by atoms with E-state index in [4.69, 9.17) is 0 Å². The number of amides is 1. The summed E-state index contributed by atoms with van der Waals surface area (Å²) in [5.74, 6) is 1.55. The molecule has 186 valence electrons. The maximum atomic E-state index is 12.9. The number of nitrogens with one attached hydrogen (secondary N) is 1. The number of carbonyl (C=O) groups excluding carboxylic acids is 2. The van der Waals surface area contributed by atoms with Gasteiger partial charge in [0.05, 0.1) is 0 Å². The molecule has 1 aliphatic rings. The van der Waals surface area contributed by atoms with Gasteiger partial charge in [-0.05, 0) is 63.6 Å². The van der Waals surface area contributed by atoms with E-state index in [9.17, 15) is 18.4 Å². The van der Waals surface area contributed by atoms with Gasteiger partial charge < -0.3 is 5.32 Å². The van der Waals surface area contributed by atoms with Crippen LogP contribution >= 0.6 is 23.5 Å². The molecule has 1 N–H and O–H groups in total. The number of benzene rings is 2. The molecule has 2 aromatic rings. The lowest BCUT2D eigenvalue weighted by atomic mass is 10.0. The predicted octanol–water partition coefficient (Wildman–Crippen LogP) is 6.68. The lowest BCUT2D eigenvalue weighted by Gasteiger charge is -2.21. The third-order valence-electron chi connectivity index (χ3n) is 5.45. The number of alkyl halides is 2. The fourth-order valence-corrected chi connectivity index (χ4v) is 7.18. The van der Waals surface area contributed by atoms with Gasteiger partial charge in [0, 0.05) is 32.8 Å². The summed E-state index contributed by atoms with van der Waals surface area (Å²) in [6, 6.07) is 18.5. The summed E-state index contributed by atoms with van der Waals surface area (Å²) >= 11 is 1.97. The van der Waals surface area contributed by atoms with Crippen LogP contribution in [0.5, 0.6) is 0 Å². The molecule has 1 amide bonds. The second-order valence-corrected chi connectivity index (χ2v) is 13.3. The standard InChI is InChI=1S/C20H23OS2.C6H11F2NOS/c1-20(2,23-14-6-7-15-23)19(21)16-10-12-18(13-11-16)22-17-8-4-3-5-9-17;1-3-4-9-5(10)6(7,8)11-2/h3-5,8-13H,6-7,14-15H2,1-2H3;3-4H2,1-2H3,(H,9,10)/q+1;. The molecular weight excluding hydrogens is 492 g/mol. The first-order valence-electron chi connectivity index (χ1n) is 11.4. The van der Waals surface area contributed by atoms with Gasteiger partial charge in [0.15, 0.2) is 4.75 Å². The van der Waals surface area contributed by atoms with Gasteiger partial charge in [-0.2, -0.15) is 8.78 Å². The normalized spacial score (nSPS) is 14.3. The number of carbonyl (C=O) groups is 2. The van der Waals surface area contributed by atoms with E-state index in [2.05, 4.69) is 43.4 Å². The lowest BCUT2D eigenvalue weighted by Crippen LogP contribution is -2.41. The Balaban J connectivity index is 0.000000316. The summed E-state index contributed by atoms with van der Waals surface area (Å²) in [7, 11) is 0.240. The first-order chi connectivity index (χ1) is 16.1. The third kappa shape index (κ3) is 8.31. The minimum atomic E-state index is -3.28. The summed E-state index contributed by atoms with van der Waals surface area (Å²) in [6.45, 7) is 6.37. The van der Waals surface area contributed by atoms with Crippen molar-refractivity contribution in [3.63, 3.8) is 0 Å². The van der Waals surface area contributed by atoms with Crippen LogP contribution in [0.3, 0.4) is 0 Å². The summed E-state index contributed by atoms with van der Waals surface area (Å²) in [4.78, 5) is 25.9. The van der Waals surface area contributed by atoms with Gasteiger partial charge in [0.1, 0.15) is 11.5 Å². The molecule has 3 rings (SSSR count). The number of halogens is 2. The van der Waals surface area contributed by atoms with Crippen LogP contribution in [0.1, 0.15) is 50.4 Å². The molecule has 8 heteroatoms. The summed E-state index contributed by atoms with van der Waals surface area (Å²) in [6.07, 6.45) is 4.43. The highest BCUT2D eigenvalue weighted by atomic mass is 32.2. The minimum Gasteiger partial charge on any atom is -0.350 e. The summed E-state index contributed by atoms with van der Waals surface area (Å²) in [5.41, 5.74) is 0.854. The fraction of sp³-hybridized carbons (Fsp3) is 0.462. The second kappa shape index (κ2) is 13.5. The molecule has 1 saturated heterocycles. The molecule has 2 aromatic carbocycles. The van der Waals surface area contributed by atoms with E-state index in [1.807, 2.05) is 30.3 Å². The molecule has 0 aliphatic carbocycles. The highest BCUT2D eigenvalue weighted by Crippen LogP contribution is 2.32. The molecule has 0 aromatic heterocycles. The highest BCUT2D eigenvalue weighted by molar-refractivity contribution is 8.00. The van der Waals surface area contributed by atoms with Gasteiger partial charge in [-0.1, -0.05) is 60.8 Å². The Kier molecular flexibility index (Phi) is 11.4. The fourth-order valence-electron chi connectivity index (χ4n) is 3.38. The van der Waals surface area contributed by atoms with E-state index in [-0.39, 0.29) is 27.4 Å². The summed E-state index contributed by atoms with van der Waals surface area (Å²) in [5, 5.41) is -1.17. The molecule has 0 unspecified atom stereocenters. The van der Waals surface area contributed by atoms with Gasteiger partial charge >= 0.3 is 11.2 Å². The minimum absolute atomic E-state index is 0.218. The van der Waals surface area contributed by atoms with E-state index >= 15 is 0 Å². The van der Waals surface area contributed by atoms with Crippen molar-refractivity contribution in [2.24, 2.45) is 0 Å². The number of hydrogen-bond donors (Lipinski definition) is 1. The molecule has 0 bridgehead atoms. The Bertz CT molecular complexity index is 915. The van der Waals surface area contributed by atoms with Gasteiger partial charge in [0.25, 0.3) is 0 Å². The van der Waals surface area contributed by atoms with Crippen molar-refractivity contribution in [3.05, 3.63) is 60.2 Å². The Labute approximate surface area is 213 Å². The first kappa shape index (κ1) is 28.7. The van der Waals surface area contributed by atoms with Crippen molar-refractivity contribution in [2.45, 2.75) is 59.8 Å². The highest BCUT2D eigenvalue weighted by Gasteiger charge is 2.47. The molecule has 0 saturated carbocycles. The maximum absolute atomic E-state index is 12.9. The van der Waals surface area contributed by atoms with Crippen molar-refractivity contribution in [2.75, 3.05) is 24.3 Å². The van der Waals surface area contributed by atoms with Crippen LogP contribution in [0.4, 0.5) is 8.78 Å². The van der Waals surface area contributed by atoms with Crippen molar-refractivity contribution >= 4 is 46.1 Å². The zero-order valence-electron chi connectivity index (χ0n) is 20.2. The van der Waals surface area contributed by atoms with E-state index in [1.54, 1.807) is 18.7 Å². The Hall–Kier alpha value is -1.51. The third-order valence-corrected chi connectivity index (χ3v) is 10.4. The van der Waals surface area contributed by atoms with E-state index in [0.29, 0.717) is 18.7 Å². The number of thioether (sulfide) groups is 1. The average molecular weight is 527 g/mol. The van der Waals surface area contributed by atoms with Crippen molar-refractivity contribution < 1.29 is 18.4 Å². The van der Waals surface area contributed by atoms with Crippen LogP contribution < -0.4 is 5.32 Å². The van der Waals surface area contributed by atoms with Gasteiger partial charge in [0.2, 0.25) is 5.78 Å². The molecule has 1 aliphatic heterocycles. The predicted molar refractivity (Wildman–Crippen MR) is 144 cm³/mol. The van der Waals surface area contributed by atoms with E-state index < -0.39 is 11.2 Å². The number of hydrogen-bond acceptors (Lipinski definition) is 4. The van der Waals surface area contributed by atoms with Crippen molar-refractivity contribution in [1.29, 1.82) is 0 Å². The monoisotopic (exact) mass is 526 g/mol. The SMILES string of the molecule is CC(C)(C(=O)c1ccc(Sc2ccccc2)cc1)[S+]1CCCC1.CCCNC(=O)C(F)(F)SC. The maximum Gasteiger partial charge on any atom is 0.370 e. The van der Waals surface area contributed by atoms with Gasteiger partial charge in [-0.3, -0.25) is 9.59 Å². The van der Waals surface area contributed by atoms with E-state index in [1.165, 1.54) is 40.4 Å². The zero-order chi connectivity index (χ0) is 25.2. The molecular formula is C26H34F2NO2S3+. The first-order valence-corrected chi connectivity index (χ1v) is 15.0. The molecule has 1 heterocycles. The van der Waals surface area contributed by atoms with Crippen LogP contribution in [0, 0.1) is 0 Å². The number of Topliss-reactive ketones (excluding diaryl/α,β-unsaturated/α-hetero) is 1.